The predicted octanol–water partition coefficient (Wildman–Crippen LogP) is 4.56. The minimum Gasteiger partial charge on any atom is -0.489 e. The first kappa shape index (κ1) is 21.2. The quantitative estimate of drug-likeness (QED) is 0.705. The van der Waals surface area contributed by atoms with Gasteiger partial charge in [0.05, 0.1) is 12.1 Å². The highest BCUT2D eigenvalue weighted by Crippen LogP contribution is 2.46. The van der Waals surface area contributed by atoms with Crippen molar-refractivity contribution in [1.29, 1.82) is 0 Å². The van der Waals surface area contributed by atoms with Gasteiger partial charge in [0.25, 0.3) is 0 Å². The number of piperidine rings is 1. The van der Waals surface area contributed by atoms with E-state index in [9.17, 15) is 9.59 Å². The lowest BCUT2D eigenvalue weighted by Crippen LogP contribution is -2.46. The van der Waals surface area contributed by atoms with E-state index in [1.54, 1.807) is 17.0 Å². The molecule has 3 heterocycles. The smallest absolute Gasteiger partial charge is 0.415 e. The zero-order chi connectivity index (χ0) is 23.3. The molecule has 1 N–H and O–H groups in total. The number of carbonyl (C=O) groups excluding carboxylic acids is 1. The van der Waals surface area contributed by atoms with Gasteiger partial charge in [-0.2, -0.15) is 0 Å². The van der Waals surface area contributed by atoms with Crippen molar-refractivity contribution >= 4 is 23.3 Å². The topological polar surface area (TPSA) is 79.3 Å². The lowest BCUT2D eigenvalue weighted by molar-refractivity contribution is -0.000981. The van der Waals surface area contributed by atoms with E-state index in [0.717, 1.165) is 38.2 Å². The van der Waals surface area contributed by atoms with Gasteiger partial charge in [0.2, 0.25) is 0 Å². The number of carbonyl (C=O) groups is 2. The second kappa shape index (κ2) is 8.17. The third-order valence-electron chi connectivity index (χ3n) is 7.48. The van der Waals surface area contributed by atoms with Crippen molar-refractivity contribution in [3.05, 3.63) is 65.2 Å². The zero-order valence-electron chi connectivity index (χ0n) is 19.0. The van der Waals surface area contributed by atoms with Gasteiger partial charge >= 0.3 is 12.1 Å². The van der Waals surface area contributed by atoms with Gasteiger partial charge in [-0.1, -0.05) is 6.07 Å². The second-order valence-corrected chi connectivity index (χ2v) is 9.84. The predicted molar refractivity (Wildman–Crippen MR) is 127 cm³/mol. The van der Waals surface area contributed by atoms with Crippen LogP contribution in [-0.2, 0) is 11.3 Å². The summed E-state index contributed by atoms with van der Waals surface area (Å²) in [6, 6.07) is 12.9. The fraction of sp³-hybridized carbons (Fsp3) is 0.407. The Hall–Kier alpha value is -3.32. The molecular weight excluding hydrogens is 432 g/mol. The number of ether oxygens (including phenoxy) is 2. The Morgan fingerprint density at radius 2 is 1.85 bits per heavy atom. The number of carboxylic acid groups (broad SMARTS) is 1. The number of nitrogens with zero attached hydrogens (tertiary/aromatic N) is 2. The third kappa shape index (κ3) is 3.94. The summed E-state index contributed by atoms with van der Waals surface area (Å²) in [5.41, 5.74) is 4.39. The molecule has 7 nitrogen and oxygen atoms in total. The molecule has 176 valence electrons. The van der Waals surface area contributed by atoms with E-state index in [-0.39, 0.29) is 11.7 Å². The number of rotatable bonds is 5. The van der Waals surface area contributed by atoms with Crippen LogP contribution in [0, 0.1) is 5.92 Å². The summed E-state index contributed by atoms with van der Waals surface area (Å²) in [4.78, 5) is 27.8. The highest BCUT2D eigenvalue weighted by molar-refractivity contribution is 5.92. The van der Waals surface area contributed by atoms with E-state index in [4.69, 9.17) is 14.6 Å². The van der Waals surface area contributed by atoms with Gasteiger partial charge in [-0.25, -0.2) is 9.59 Å². The summed E-state index contributed by atoms with van der Waals surface area (Å²) in [5.74, 6) is 0.721. The summed E-state index contributed by atoms with van der Waals surface area (Å²) in [5, 5.41) is 9.10. The van der Waals surface area contributed by atoms with Crippen molar-refractivity contribution in [2.75, 3.05) is 31.1 Å². The Bertz CT molecular complexity index is 1160. The highest BCUT2D eigenvalue weighted by atomic mass is 16.6. The maximum Gasteiger partial charge on any atom is 0.415 e. The third-order valence-corrected chi connectivity index (χ3v) is 7.48. The molecule has 7 heteroatoms. The molecule has 3 fully saturated rings. The standard InChI is InChI=1S/C27H28N2O5/c30-25(31)20-4-6-21(7-5-20)29-17-27(34-26(29)32)10-12-28(13-11-27)16-18-1-8-24-23(15-18)22(9-14-33-24)19-2-3-19/h1,4-9,15,19H,2-3,10-14,16-17H2,(H,30,31). The summed E-state index contributed by atoms with van der Waals surface area (Å²) in [6.45, 7) is 3.76. The summed E-state index contributed by atoms with van der Waals surface area (Å²) >= 11 is 0. The molecule has 6 rings (SSSR count). The molecular formula is C27H28N2O5. The Morgan fingerprint density at radius 1 is 1.09 bits per heavy atom. The molecule has 34 heavy (non-hydrogen) atoms. The summed E-state index contributed by atoms with van der Waals surface area (Å²) in [7, 11) is 0. The Morgan fingerprint density at radius 3 is 2.56 bits per heavy atom. The molecule has 1 saturated carbocycles. The van der Waals surface area contributed by atoms with Crippen LogP contribution in [0.25, 0.3) is 5.57 Å². The van der Waals surface area contributed by atoms with Crippen LogP contribution in [0.3, 0.4) is 0 Å². The van der Waals surface area contributed by atoms with Crippen LogP contribution in [0.2, 0.25) is 0 Å². The van der Waals surface area contributed by atoms with Crippen molar-refractivity contribution in [3.8, 4) is 5.75 Å². The molecule has 2 aromatic carbocycles. The average molecular weight is 461 g/mol. The Kier molecular flexibility index (Phi) is 5.10. The minimum atomic E-state index is -0.981. The monoisotopic (exact) mass is 460 g/mol. The maximum atomic E-state index is 12.6. The Balaban J connectivity index is 1.10. The van der Waals surface area contributed by atoms with Crippen molar-refractivity contribution in [3.63, 3.8) is 0 Å². The molecule has 3 aliphatic heterocycles. The normalized spacial score (nSPS) is 21.6. The number of hydrogen-bond acceptors (Lipinski definition) is 5. The summed E-state index contributed by atoms with van der Waals surface area (Å²) < 4.78 is 11.7. The minimum absolute atomic E-state index is 0.202. The largest absolute Gasteiger partial charge is 0.489 e. The lowest BCUT2D eigenvalue weighted by Gasteiger charge is -2.37. The average Bonchev–Trinajstić information content (AvgIpc) is 3.64. The van der Waals surface area contributed by atoms with Gasteiger partial charge in [0, 0.05) is 43.7 Å². The van der Waals surface area contributed by atoms with E-state index in [2.05, 4.69) is 29.2 Å². The first-order valence-electron chi connectivity index (χ1n) is 12.0. The SMILES string of the molecule is O=C(O)c1ccc(N2CC3(CCN(Cc4ccc5c(c4)C(C4CC4)=CCO5)CC3)OC2=O)cc1. The molecule has 0 atom stereocenters. The zero-order valence-corrected chi connectivity index (χ0v) is 19.0. The molecule has 1 aliphatic carbocycles. The van der Waals surface area contributed by atoms with Crippen molar-refractivity contribution in [2.24, 2.45) is 5.92 Å². The van der Waals surface area contributed by atoms with Gasteiger partial charge < -0.3 is 14.6 Å². The van der Waals surface area contributed by atoms with Crippen LogP contribution in [0.5, 0.6) is 5.75 Å². The number of likely N-dealkylation sites (tertiary alicyclic amines) is 1. The van der Waals surface area contributed by atoms with E-state index < -0.39 is 11.6 Å². The van der Waals surface area contributed by atoms with E-state index >= 15 is 0 Å². The number of anilines is 1. The molecule has 1 spiro atoms. The number of allylic oxidation sites excluding steroid dienone is 1. The second-order valence-electron chi connectivity index (χ2n) is 9.84. The lowest BCUT2D eigenvalue weighted by atomic mass is 9.90. The number of amides is 1. The van der Waals surface area contributed by atoms with Gasteiger partial charge in [-0.15, -0.1) is 0 Å². The van der Waals surface area contributed by atoms with E-state index in [1.165, 1.54) is 41.7 Å². The van der Waals surface area contributed by atoms with Crippen molar-refractivity contribution in [2.45, 2.75) is 37.8 Å². The first-order valence-corrected chi connectivity index (χ1v) is 12.0. The molecule has 2 saturated heterocycles. The maximum absolute atomic E-state index is 12.6. The van der Waals surface area contributed by atoms with E-state index in [0.29, 0.717) is 24.8 Å². The van der Waals surface area contributed by atoms with Gasteiger partial charge in [0.1, 0.15) is 18.0 Å². The van der Waals surface area contributed by atoms with Gasteiger partial charge in [-0.3, -0.25) is 9.80 Å². The van der Waals surface area contributed by atoms with Crippen LogP contribution >= 0.6 is 0 Å². The highest BCUT2D eigenvalue weighted by Gasteiger charge is 2.47. The van der Waals surface area contributed by atoms with Gasteiger partial charge in [0.15, 0.2) is 0 Å². The molecule has 4 aliphatic rings. The molecule has 0 radical (unpaired) electrons. The first-order chi connectivity index (χ1) is 16.5. The molecule has 0 bridgehead atoms. The van der Waals surface area contributed by atoms with Crippen LogP contribution in [-0.4, -0.2) is 53.9 Å². The Labute approximate surface area is 198 Å². The fourth-order valence-electron chi connectivity index (χ4n) is 5.38. The van der Waals surface area contributed by atoms with Crippen LogP contribution in [0.15, 0.2) is 48.5 Å². The molecule has 1 amide bonds. The number of benzene rings is 2. The number of aromatic carboxylic acids is 1. The fourth-order valence-corrected chi connectivity index (χ4v) is 5.38. The molecule has 0 unspecified atom stereocenters. The van der Waals surface area contributed by atoms with Crippen molar-refractivity contribution < 1.29 is 24.2 Å². The van der Waals surface area contributed by atoms with Crippen molar-refractivity contribution in [1.82, 2.24) is 4.90 Å². The van der Waals surface area contributed by atoms with E-state index in [1.807, 2.05) is 0 Å². The number of fused-ring (bicyclic) bond motifs is 1. The molecule has 2 aromatic rings. The van der Waals surface area contributed by atoms with Crippen LogP contribution in [0.4, 0.5) is 10.5 Å². The van der Waals surface area contributed by atoms with Gasteiger partial charge in [-0.05, 0) is 72.4 Å². The number of carboxylic acids is 1. The molecule has 0 aromatic heterocycles. The summed E-state index contributed by atoms with van der Waals surface area (Å²) in [6.07, 6.45) is 6.01. The number of hydrogen-bond donors (Lipinski definition) is 1. The van der Waals surface area contributed by atoms with Crippen LogP contribution < -0.4 is 9.64 Å². The van der Waals surface area contributed by atoms with Crippen LogP contribution in [0.1, 0.15) is 47.2 Å².